The van der Waals surface area contributed by atoms with Crippen LogP contribution in [0.5, 0.6) is 0 Å². The van der Waals surface area contributed by atoms with Gasteiger partial charge in [0.2, 0.25) is 0 Å². The van der Waals surface area contributed by atoms with Gasteiger partial charge in [-0.1, -0.05) is 130 Å². The summed E-state index contributed by atoms with van der Waals surface area (Å²) in [6.07, 6.45) is 10.6. The molecule has 0 unspecified atom stereocenters. The van der Waals surface area contributed by atoms with E-state index in [4.69, 9.17) is 24.7 Å². The van der Waals surface area contributed by atoms with Crippen molar-refractivity contribution in [1.29, 1.82) is 0 Å². The Hall–Kier alpha value is -5.23. The summed E-state index contributed by atoms with van der Waals surface area (Å²) >= 11 is 0. The number of alkyl carbamates (subject to hydrolysis) is 1. The predicted octanol–water partition coefficient (Wildman–Crippen LogP) is 9.11. The molecule has 0 radical (unpaired) electrons. The number of rotatable bonds is 14. The van der Waals surface area contributed by atoms with Crippen LogP contribution in [0.15, 0.2) is 91.0 Å². The van der Waals surface area contributed by atoms with Gasteiger partial charge in [-0.3, -0.25) is 19.2 Å². The minimum Gasteiger partial charge on any atom is -0.481 e. The highest BCUT2D eigenvalue weighted by atomic mass is 16.6. The van der Waals surface area contributed by atoms with Gasteiger partial charge in [-0.2, -0.15) is 0 Å². The van der Waals surface area contributed by atoms with Crippen molar-refractivity contribution in [2.75, 3.05) is 0 Å². The molecule has 6 rings (SSSR count). The molecule has 12 nitrogen and oxygen atoms in total. The number of benzene rings is 3. The zero-order valence-corrected chi connectivity index (χ0v) is 35.6. The lowest BCUT2D eigenvalue weighted by molar-refractivity contribution is -0.158. The van der Waals surface area contributed by atoms with Crippen LogP contribution >= 0.6 is 0 Å². The number of aliphatic carboxylic acids is 1. The highest BCUT2D eigenvalue weighted by Crippen LogP contribution is 2.41. The van der Waals surface area contributed by atoms with Crippen LogP contribution in [0.1, 0.15) is 134 Å². The Labute approximate surface area is 354 Å². The zero-order valence-electron chi connectivity index (χ0n) is 35.6. The molecular formula is C48H64N2O10. The molecule has 0 spiro atoms. The highest BCUT2D eigenvalue weighted by molar-refractivity contribution is 5.82. The smallest absolute Gasteiger partial charge is 0.408 e. The van der Waals surface area contributed by atoms with Gasteiger partial charge in [-0.05, 0) is 76.0 Å². The molecular weight excluding hydrogens is 765 g/mol. The summed E-state index contributed by atoms with van der Waals surface area (Å²) in [5.74, 6) is -1.77. The fourth-order valence-electron chi connectivity index (χ4n) is 7.90. The van der Waals surface area contributed by atoms with Crippen molar-refractivity contribution in [3.05, 3.63) is 108 Å². The average Bonchev–Trinajstić information content (AvgIpc) is 3.99. The Balaban J connectivity index is 0.000000202. The second-order valence-corrected chi connectivity index (χ2v) is 17.4. The van der Waals surface area contributed by atoms with E-state index in [1.165, 1.54) is 0 Å². The number of amides is 1. The lowest BCUT2D eigenvalue weighted by Gasteiger charge is -2.31. The number of ether oxygens (including phenoxy) is 4. The molecule has 1 amide bonds. The Kier molecular flexibility index (Phi) is 18.2. The molecule has 0 aromatic heterocycles. The van der Waals surface area contributed by atoms with Crippen LogP contribution in [0.25, 0.3) is 0 Å². The van der Waals surface area contributed by atoms with E-state index in [1.807, 2.05) is 112 Å². The van der Waals surface area contributed by atoms with Crippen molar-refractivity contribution < 1.29 is 48.0 Å². The van der Waals surface area contributed by atoms with Crippen LogP contribution in [0.4, 0.5) is 4.79 Å². The quantitative estimate of drug-likeness (QED) is 0.104. The summed E-state index contributed by atoms with van der Waals surface area (Å²) in [6.45, 7) is 6.26. The molecule has 0 aliphatic heterocycles. The summed E-state index contributed by atoms with van der Waals surface area (Å²) in [5, 5.41) is 12.2. The summed E-state index contributed by atoms with van der Waals surface area (Å²) in [6, 6.07) is 28.7. The minimum atomic E-state index is -0.895. The first-order chi connectivity index (χ1) is 28.6. The zero-order chi connectivity index (χ0) is 43.5. The van der Waals surface area contributed by atoms with E-state index in [0.29, 0.717) is 25.9 Å². The largest absolute Gasteiger partial charge is 0.481 e. The number of nitrogens with one attached hydrogen (secondary N) is 1. The molecule has 3 aromatic carbocycles. The number of carbonyl (C=O) groups excluding carboxylic acids is 4. The van der Waals surface area contributed by atoms with E-state index < -0.39 is 34.6 Å². The van der Waals surface area contributed by atoms with E-state index in [1.54, 1.807) is 0 Å². The van der Waals surface area contributed by atoms with Gasteiger partial charge in [0.1, 0.15) is 25.4 Å². The van der Waals surface area contributed by atoms with Gasteiger partial charge in [-0.15, -0.1) is 0 Å². The molecule has 3 fully saturated rings. The lowest BCUT2D eigenvalue weighted by Crippen LogP contribution is -2.49. The Morgan fingerprint density at radius 3 is 1.33 bits per heavy atom. The predicted molar refractivity (Wildman–Crippen MR) is 227 cm³/mol. The molecule has 60 heavy (non-hydrogen) atoms. The van der Waals surface area contributed by atoms with Gasteiger partial charge >= 0.3 is 30.0 Å². The lowest BCUT2D eigenvalue weighted by atomic mass is 9.83. The second kappa shape index (κ2) is 23.0. The first kappa shape index (κ1) is 47.4. The molecule has 0 saturated heterocycles. The maximum atomic E-state index is 12.2. The Morgan fingerprint density at radius 2 is 0.933 bits per heavy atom. The van der Waals surface area contributed by atoms with Crippen LogP contribution in [0.2, 0.25) is 0 Å². The number of hydrogen-bond acceptors (Lipinski definition) is 10. The molecule has 326 valence electrons. The van der Waals surface area contributed by atoms with Gasteiger partial charge in [0.25, 0.3) is 0 Å². The standard InChI is InChI=1S/C19H27NO4.C15H18O4.C14H19NO2/c1-18(2,3)24-17(22)20-19(11-7-8-12-19)13-16(21)23-14-15-9-5-4-6-10-15;16-13(19-11-12-6-2-1-3-7-12)10-15(14(17)18)8-4-5-9-15;15-14(8-4-5-9-14)10-13(16)17-11-12-6-2-1-3-7-12/h4-6,9-10H,7-8,11-14H2,1-3H3,(H,20,22);1-3,6-7H,4-5,8-11H2,(H,17,18);1-3,6-7H,4-5,8-11,15H2. The third kappa shape index (κ3) is 16.8. The van der Waals surface area contributed by atoms with Crippen LogP contribution in [-0.2, 0) is 57.9 Å². The number of carbonyl (C=O) groups is 5. The van der Waals surface area contributed by atoms with Gasteiger partial charge < -0.3 is 35.1 Å². The number of hydrogen-bond donors (Lipinski definition) is 3. The fourth-order valence-corrected chi connectivity index (χ4v) is 7.90. The number of esters is 3. The van der Waals surface area contributed by atoms with E-state index in [-0.39, 0.29) is 43.5 Å². The van der Waals surface area contributed by atoms with E-state index in [9.17, 15) is 29.1 Å². The SMILES string of the molecule is CC(C)(C)OC(=O)NC1(CC(=O)OCc2ccccc2)CCCC1.NC1(CC(=O)OCc2ccccc2)CCCC1.O=C(CC1(C(=O)O)CCCC1)OCc1ccccc1. The van der Waals surface area contributed by atoms with Crippen molar-refractivity contribution in [2.24, 2.45) is 11.1 Å². The number of carboxylic acid groups (broad SMARTS) is 1. The first-order valence-corrected chi connectivity index (χ1v) is 21.2. The number of nitrogens with two attached hydrogens (primary N) is 1. The normalized spacial score (nSPS) is 17.1. The molecule has 0 bridgehead atoms. The molecule has 0 atom stereocenters. The fraction of sp³-hybridized carbons (Fsp3) is 0.521. The van der Waals surface area contributed by atoms with Crippen molar-refractivity contribution in [1.82, 2.24) is 5.32 Å². The Morgan fingerprint density at radius 1 is 0.567 bits per heavy atom. The molecule has 12 heteroatoms. The van der Waals surface area contributed by atoms with E-state index in [0.717, 1.165) is 80.9 Å². The van der Waals surface area contributed by atoms with Crippen molar-refractivity contribution in [3.8, 4) is 0 Å². The van der Waals surface area contributed by atoms with Crippen LogP contribution < -0.4 is 11.1 Å². The summed E-state index contributed by atoms with van der Waals surface area (Å²) < 4.78 is 21.1. The van der Waals surface area contributed by atoms with Gasteiger partial charge in [0.05, 0.1) is 30.2 Å². The minimum absolute atomic E-state index is 0.0187. The third-order valence-electron chi connectivity index (χ3n) is 11.1. The highest BCUT2D eigenvalue weighted by Gasteiger charge is 2.43. The van der Waals surface area contributed by atoms with Crippen LogP contribution in [0.3, 0.4) is 0 Å². The van der Waals surface area contributed by atoms with E-state index in [2.05, 4.69) is 5.32 Å². The first-order valence-electron chi connectivity index (χ1n) is 21.2. The van der Waals surface area contributed by atoms with Crippen LogP contribution in [-0.4, -0.2) is 51.8 Å². The molecule has 3 saturated carbocycles. The molecule has 3 aliphatic carbocycles. The monoisotopic (exact) mass is 828 g/mol. The summed E-state index contributed by atoms with van der Waals surface area (Å²) in [4.78, 5) is 59.1. The molecule has 4 N–H and O–H groups in total. The van der Waals surface area contributed by atoms with Crippen molar-refractivity contribution >= 4 is 30.0 Å². The van der Waals surface area contributed by atoms with Gasteiger partial charge in [-0.25, -0.2) is 4.79 Å². The average molecular weight is 829 g/mol. The maximum Gasteiger partial charge on any atom is 0.408 e. The van der Waals surface area contributed by atoms with Crippen molar-refractivity contribution in [2.45, 2.75) is 154 Å². The Bertz CT molecular complexity index is 1790. The van der Waals surface area contributed by atoms with Crippen LogP contribution in [0, 0.1) is 5.41 Å². The summed E-state index contributed by atoms with van der Waals surface area (Å²) in [5.41, 5.74) is 6.69. The number of carboxylic acids is 1. The topological polar surface area (TPSA) is 181 Å². The second-order valence-electron chi connectivity index (χ2n) is 17.4. The third-order valence-corrected chi connectivity index (χ3v) is 11.1. The molecule has 3 aliphatic rings. The maximum absolute atomic E-state index is 12.2. The molecule has 3 aromatic rings. The van der Waals surface area contributed by atoms with Crippen molar-refractivity contribution in [3.63, 3.8) is 0 Å². The van der Waals surface area contributed by atoms with Gasteiger partial charge in [0, 0.05) is 5.54 Å². The molecule has 0 heterocycles. The van der Waals surface area contributed by atoms with Gasteiger partial charge in [0.15, 0.2) is 0 Å². The van der Waals surface area contributed by atoms with E-state index >= 15 is 0 Å². The summed E-state index contributed by atoms with van der Waals surface area (Å²) in [7, 11) is 0.